The molecule has 0 aliphatic carbocycles. The molecule has 0 spiro atoms. The van der Waals surface area contributed by atoms with Gasteiger partial charge in [-0.1, -0.05) is 48.9 Å². The molecule has 4 rings (SSSR count). The normalized spacial score (nSPS) is 17.5. The van der Waals surface area contributed by atoms with Crippen LogP contribution in [0.25, 0.3) is 0 Å². The van der Waals surface area contributed by atoms with Crippen molar-refractivity contribution in [3.63, 3.8) is 0 Å². The monoisotopic (exact) mass is 376 g/mol. The van der Waals surface area contributed by atoms with Gasteiger partial charge in [0.15, 0.2) is 0 Å². The summed E-state index contributed by atoms with van der Waals surface area (Å²) in [5.41, 5.74) is 2.63. The molecule has 144 valence electrons. The molecule has 2 aromatic carbocycles. The first kappa shape index (κ1) is 18.4. The summed E-state index contributed by atoms with van der Waals surface area (Å²) in [7, 11) is 0. The van der Waals surface area contributed by atoms with Gasteiger partial charge in [0.25, 0.3) is 0 Å². The third-order valence-electron chi connectivity index (χ3n) is 5.28. The number of hydrogen-bond donors (Lipinski definition) is 1. The van der Waals surface area contributed by atoms with Gasteiger partial charge in [0.2, 0.25) is 5.89 Å². The van der Waals surface area contributed by atoms with Crippen molar-refractivity contribution in [2.45, 2.75) is 38.3 Å². The van der Waals surface area contributed by atoms with Gasteiger partial charge < -0.3 is 9.52 Å². The van der Waals surface area contributed by atoms with Crippen molar-refractivity contribution in [3.8, 4) is 0 Å². The molecule has 0 unspecified atom stereocenters. The lowest BCUT2D eigenvalue weighted by Crippen LogP contribution is -2.33. The molecule has 3 aromatic rings. The van der Waals surface area contributed by atoms with Gasteiger partial charge >= 0.3 is 5.97 Å². The highest BCUT2D eigenvalue weighted by Crippen LogP contribution is 2.32. The van der Waals surface area contributed by atoms with Crippen LogP contribution in [0.1, 0.15) is 58.4 Å². The third-order valence-corrected chi connectivity index (χ3v) is 5.28. The average molecular weight is 376 g/mol. The van der Waals surface area contributed by atoms with Crippen LogP contribution in [0.3, 0.4) is 0 Å². The zero-order valence-electron chi connectivity index (χ0n) is 15.8. The number of piperidine rings is 1. The lowest BCUT2D eigenvalue weighted by atomic mass is 10.0. The summed E-state index contributed by atoms with van der Waals surface area (Å²) in [5.74, 6) is 0.776. The summed E-state index contributed by atoms with van der Waals surface area (Å²) in [5, 5.41) is 9.06. The number of likely N-dealkylation sites (tertiary alicyclic amines) is 1. The number of aromatic nitrogens is 1. The van der Waals surface area contributed by atoms with Gasteiger partial charge in [-0.3, -0.25) is 4.90 Å². The lowest BCUT2D eigenvalue weighted by Gasteiger charge is -2.33. The predicted octanol–water partition coefficient (Wildman–Crippen LogP) is 4.69. The summed E-state index contributed by atoms with van der Waals surface area (Å²) >= 11 is 0. The van der Waals surface area contributed by atoms with Gasteiger partial charge in [-0.05, 0) is 42.6 Å². The van der Waals surface area contributed by atoms with Gasteiger partial charge in [0.05, 0.1) is 17.8 Å². The van der Waals surface area contributed by atoms with Gasteiger partial charge in [0.1, 0.15) is 5.76 Å². The molecule has 0 bridgehead atoms. The highest BCUT2D eigenvalue weighted by atomic mass is 16.4. The van der Waals surface area contributed by atoms with Crippen molar-refractivity contribution < 1.29 is 14.3 Å². The fourth-order valence-corrected chi connectivity index (χ4v) is 3.80. The molecule has 1 aliphatic heterocycles. The van der Waals surface area contributed by atoms with Crippen molar-refractivity contribution in [2.75, 3.05) is 6.54 Å². The van der Waals surface area contributed by atoms with E-state index >= 15 is 0 Å². The Hall–Kier alpha value is -2.92. The molecule has 0 saturated carbocycles. The number of carboxylic acids is 1. The van der Waals surface area contributed by atoms with Crippen molar-refractivity contribution >= 4 is 5.97 Å². The molecule has 5 nitrogen and oxygen atoms in total. The Labute approximate surface area is 164 Å². The molecule has 0 amide bonds. The van der Waals surface area contributed by atoms with Crippen molar-refractivity contribution in [1.29, 1.82) is 0 Å². The number of carbonyl (C=O) groups is 1. The zero-order valence-corrected chi connectivity index (χ0v) is 15.8. The minimum absolute atomic E-state index is 0.164. The van der Waals surface area contributed by atoms with Crippen LogP contribution in [-0.2, 0) is 13.0 Å². The van der Waals surface area contributed by atoms with Gasteiger partial charge in [-0.25, -0.2) is 9.78 Å². The van der Waals surface area contributed by atoms with E-state index in [4.69, 9.17) is 9.52 Å². The Morgan fingerprint density at radius 2 is 1.86 bits per heavy atom. The summed E-state index contributed by atoms with van der Waals surface area (Å²) in [6, 6.07) is 17.5. The number of rotatable bonds is 6. The zero-order chi connectivity index (χ0) is 19.3. The standard InChI is InChI=1S/C23H24N2O3/c26-23(27)19-11-9-18(10-12-19)16-25-13-5-4-8-21(25)22-24-15-20(28-22)14-17-6-2-1-3-7-17/h1-3,6-7,9-12,15,21H,4-5,8,13-14,16H2,(H,26,27)/t21-/m1/s1. The van der Waals surface area contributed by atoms with E-state index in [-0.39, 0.29) is 6.04 Å². The second-order valence-corrected chi connectivity index (χ2v) is 7.31. The van der Waals surface area contributed by atoms with Crippen LogP contribution in [0.2, 0.25) is 0 Å². The van der Waals surface area contributed by atoms with Crippen LogP contribution < -0.4 is 0 Å². The molecule has 1 N–H and O–H groups in total. The van der Waals surface area contributed by atoms with Crippen LogP contribution in [-0.4, -0.2) is 27.5 Å². The van der Waals surface area contributed by atoms with Crippen LogP contribution in [0.5, 0.6) is 0 Å². The molecule has 1 atom stereocenters. The SMILES string of the molecule is O=C(O)c1ccc(CN2CCCC[C@@H]2c2ncc(Cc3ccccc3)o2)cc1. The number of oxazole rings is 1. The number of nitrogens with zero attached hydrogens (tertiary/aromatic N) is 2. The van der Waals surface area contributed by atoms with E-state index in [9.17, 15) is 4.79 Å². The molecule has 28 heavy (non-hydrogen) atoms. The maximum Gasteiger partial charge on any atom is 0.335 e. The number of benzene rings is 2. The molecule has 1 fully saturated rings. The van der Waals surface area contributed by atoms with Crippen molar-refractivity contribution in [2.24, 2.45) is 0 Å². The largest absolute Gasteiger partial charge is 0.478 e. The number of hydrogen-bond acceptors (Lipinski definition) is 4. The summed E-state index contributed by atoms with van der Waals surface area (Å²) in [4.78, 5) is 18.0. The fourth-order valence-electron chi connectivity index (χ4n) is 3.80. The first-order valence-corrected chi connectivity index (χ1v) is 9.74. The molecular formula is C23H24N2O3. The Morgan fingerprint density at radius 1 is 1.07 bits per heavy atom. The first-order valence-electron chi connectivity index (χ1n) is 9.74. The number of carboxylic acid groups (broad SMARTS) is 1. The number of aromatic carboxylic acids is 1. The van der Waals surface area contributed by atoms with Crippen molar-refractivity contribution in [1.82, 2.24) is 9.88 Å². The van der Waals surface area contributed by atoms with E-state index in [1.54, 1.807) is 12.1 Å². The smallest absolute Gasteiger partial charge is 0.335 e. The Balaban J connectivity index is 1.47. The highest BCUT2D eigenvalue weighted by Gasteiger charge is 2.28. The molecular weight excluding hydrogens is 352 g/mol. The lowest BCUT2D eigenvalue weighted by molar-refractivity contribution is 0.0697. The van der Waals surface area contributed by atoms with E-state index in [2.05, 4.69) is 22.0 Å². The molecule has 5 heteroatoms. The second-order valence-electron chi connectivity index (χ2n) is 7.31. The van der Waals surface area contributed by atoms with Gasteiger partial charge in [0, 0.05) is 13.0 Å². The topological polar surface area (TPSA) is 66.6 Å². The third kappa shape index (κ3) is 4.31. The highest BCUT2D eigenvalue weighted by molar-refractivity contribution is 5.87. The molecule has 1 aliphatic rings. The van der Waals surface area contributed by atoms with E-state index in [1.165, 1.54) is 5.56 Å². The van der Waals surface area contributed by atoms with Crippen LogP contribution >= 0.6 is 0 Å². The Kier molecular flexibility index (Phi) is 5.53. The van der Waals surface area contributed by atoms with E-state index in [0.717, 1.165) is 56.0 Å². The van der Waals surface area contributed by atoms with Crippen LogP contribution in [0, 0.1) is 0 Å². The summed E-state index contributed by atoms with van der Waals surface area (Å²) < 4.78 is 6.12. The fraction of sp³-hybridized carbons (Fsp3) is 0.304. The van der Waals surface area contributed by atoms with E-state index in [0.29, 0.717) is 5.56 Å². The minimum Gasteiger partial charge on any atom is -0.478 e. The van der Waals surface area contributed by atoms with E-state index in [1.807, 2.05) is 36.5 Å². The second kappa shape index (κ2) is 8.40. The minimum atomic E-state index is -0.895. The first-order chi connectivity index (χ1) is 13.7. The molecule has 1 aromatic heterocycles. The molecule has 0 radical (unpaired) electrons. The molecule has 2 heterocycles. The van der Waals surface area contributed by atoms with Crippen molar-refractivity contribution in [3.05, 3.63) is 89.1 Å². The Morgan fingerprint density at radius 3 is 2.61 bits per heavy atom. The Bertz CT molecular complexity index is 919. The summed E-state index contributed by atoms with van der Waals surface area (Å²) in [6.45, 7) is 1.75. The van der Waals surface area contributed by atoms with Gasteiger partial charge in [-0.15, -0.1) is 0 Å². The van der Waals surface area contributed by atoms with Gasteiger partial charge in [-0.2, -0.15) is 0 Å². The predicted molar refractivity (Wildman–Crippen MR) is 106 cm³/mol. The maximum atomic E-state index is 11.0. The van der Waals surface area contributed by atoms with Crippen LogP contribution in [0.4, 0.5) is 0 Å². The maximum absolute atomic E-state index is 11.0. The quantitative estimate of drug-likeness (QED) is 0.676. The van der Waals surface area contributed by atoms with E-state index < -0.39 is 5.97 Å². The molecule has 1 saturated heterocycles. The van der Waals surface area contributed by atoms with Crippen LogP contribution in [0.15, 0.2) is 65.2 Å². The summed E-state index contributed by atoms with van der Waals surface area (Å²) in [6.07, 6.45) is 5.93. The average Bonchev–Trinajstić information content (AvgIpc) is 3.18.